The van der Waals surface area contributed by atoms with Crippen LogP contribution in [0.25, 0.3) is 0 Å². The van der Waals surface area contributed by atoms with Gasteiger partial charge in [-0.3, -0.25) is 4.79 Å². The van der Waals surface area contributed by atoms with Crippen LogP contribution < -0.4 is 4.74 Å². The van der Waals surface area contributed by atoms with Crippen LogP contribution in [-0.4, -0.2) is 28.6 Å². The summed E-state index contributed by atoms with van der Waals surface area (Å²) in [5.74, 6) is 0.128. The van der Waals surface area contributed by atoms with E-state index in [1.807, 2.05) is 79.4 Å². The Balaban J connectivity index is 1.94. The Hall–Kier alpha value is -3.19. The molecule has 0 bridgehead atoms. The van der Waals surface area contributed by atoms with Gasteiger partial charge in [0.1, 0.15) is 5.01 Å². The van der Waals surface area contributed by atoms with Crippen molar-refractivity contribution in [1.82, 2.24) is 9.88 Å². The zero-order valence-electron chi connectivity index (χ0n) is 20.4. The quantitative estimate of drug-likeness (QED) is 0.334. The first kappa shape index (κ1) is 25.4. The molecule has 1 unspecified atom stereocenters. The van der Waals surface area contributed by atoms with E-state index in [4.69, 9.17) is 9.47 Å². The summed E-state index contributed by atoms with van der Waals surface area (Å²) < 4.78 is 10.5. The molecule has 2 aromatic carbocycles. The first-order valence-corrected chi connectivity index (χ1v) is 12.2. The molecule has 34 heavy (non-hydrogen) atoms. The molecule has 0 saturated carbocycles. The number of hydrogen-bond donors (Lipinski definition) is 0. The van der Waals surface area contributed by atoms with Crippen LogP contribution in [-0.2, 0) is 11.3 Å². The zero-order chi connectivity index (χ0) is 24.7. The van der Waals surface area contributed by atoms with Crippen LogP contribution in [0.1, 0.15) is 61.6 Å². The molecule has 0 saturated heterocycles. The van der Waals surface area contributed by atoms with Crippen LogP contribution in [0.5, 0.6) is 5.06 Å². The number of carbonyl (C=O) groups excluding carboxylic acids is 2. The maximum Gasteiger partial charge on any atom is 0.514 e. The molecule has 0 aliphatic heterocycles. The number of rotatable bonds is 8. The normalized spacial score (nSPS) is 12.3. The maximum absolute atomic E-state index is 13.7. The third kappa shape index (κ3) is 6.90. The summed E-state index contributed by atoms with van der Waals surface area (Å²) in [4.78, 5) is 32.2. The monoisotopic (exact) mass is 480 g/mol. The fraction of sp³-hybridized carbons (Fsp3) is 0.370. The van der Waals surface area contributed by atoms with E-state index in [2.05, 4.69) is 25.8 Å². The molecule has 1 heterocycles. The number of ether oxygens (including phenoxy) is 2. The molecule has 0 fully saturated rings. The van der Waals surface area contributed by atoms with Gasteiger partial charge in [-0.2, -0.15) is 0 Å². The highest BCUT2D eigenvalue weighted by molar-refractivity contribution is 7.13. The van der Waals surface area contributed by atoms with Gasteiger partial charge >= 0.3 is 6.16 Å². The molecule has 3 aromatic rings. The molecule has 1 aromatic heterocycles. The first-order valence-electron chi connectivity index (χ1n) is 11.4. The van der Waals surface area contributed by atoms with Gasteiger partial charge < -0.3 is 14.4 Å². The van der Waals surface area contributed by atoms with Gasteiger partial charge in [-0.15, -0.1) is 0 Å². The minimum atomic E-state index is -0.752. The summed E-state index contributed by atoms with van der Waals surface area (Å²) in [5, 5.41) is 1.03. The van der Waals surface area contributed by atoms with Crippen LogP contribution in [0, 0.1) is 11.3 Å². The lowest BCUT2D eigenvalue weighted by molar-refractivity contribution is 0.0484. The van der Waals surface area contributed by atoms with Crippen molar-refractivity contribution in [3.05, 3.63) is 83.0 Å². The Morgan fingerprint density at radius 2 is 1.62 bits per heavy atom. The molecule has 1 atom stereocenters. The molecular formula is C27H32N2O4S. The average Bonchev–Trinajstić information content (AvgIpc) is 3.24. The maximum atomic E-state index is 13.7. The minimum absolute atomic E-state index is 0.0848. The highest BCUT2D eigenvalue weighted by Gasteiger charge is 2.37. The van der Waals surface area contributed by atoms with Gasteiger partial charge in [-0.1, -0.05) is 94.5 Å². The van der Waals surface area contributed by atoms with E-state index in [-0.39, 0.29) is 29.9 Å². The van der Waals surface area contributed by atoms with Crippen molar-refractivity contribution < 1.29 is 19.1 Å². The van der Waals surface area contributed by atoms with Gasteiger partial charge in [0, 0.05) is 12.1 Å². The highest BCUT2D eigenvalue weighted by Crippen LogP contribution is 2.42. The largest absolute Gasteiger partial charge is 0.514 e. The van der Waals surface area contributed by atoms with Crippen LogP contribution >= 0.6 is 11.3 Å². The van der Waals surface area contributed by atoms with Gasteiger partial charge in [0.25, 0.3) is 5.91 Å². The van der Waals surface area contributed by atoms with E-state index in [1.165, 1.54) is 17.5 Å². The molecule has 7 heteroatoms. The molecule has 0 aliphatic carbocycles. The van der Waals surface area contributed by atoms with Crippen molar-refractivity contribution >= 4 is 23.4 Å². The van der Waals surface area contributed by atoms with Crippen molar-refractivity contribution in [2.24, 2.45) is 11.3 Å². The van der Waals surface area contributed by atoms with Crippen LogP contribution in [0.2, 0.25) is 0 Å². The van der Waals surface area contributed by atoms with Gasteiger partial charge in [0.2, 0.25) is 5.06 Å². The Bertz CT molecular complexity index is 1070. The van der Waals surface area contributed by atoms with Crippen LogP contribution in [0.15, 0.2) is 66.9 Å². The standard InChI is InChI=1S/C27H32N2O4S/c1-19(2)18-32-26(31)33-22-16-28-24(34-22)23(27(3,4)5)29(17-20-12-8-6-9-13-20)25(30)21-14-10-7-11-15-21/h6-16,19,23H,17-18H2,1-5H3. The summed E-state index contributed by atoms with van der Waals surface area (Å²) >= 11 is 1.25. The van der Waals surface area contributed by atoms with Gasteiger partial charge in [-0.25, -0.2) is 9.78 Å². The number of benzene rings is 2. The topological polar surface area (TPSA) is 68.7 Å². The minimum Gasteiger partial charge on any atom is -0.434 e. The van der Waals surface area contributed by atoms with E-state index < -0.39 is 6.16 Å². The van der Waals surface area contributed by atoms with Gasteiger partial charge in [-0.05, 0) is 29.0 Å². The van der Waals surface area contributed by atoms with Crippen molar-refractivity contribution in [2.45, 2.75) is 47.2 Å². The number of thiazole rings is 1. The van der Waals surface area contributed by atoms with Gasteiger partial charge in [0.05, 0.1) is 18.8 Å². The summed E-state index contributed by atoms with van der Waals surface area (Å²) in [7, 11) is 0. The fourth-order valence-electron chi connectivity index (χ4n) is 3.57. The SMILES string of the molecule is CC(C)COC(=O)Oc1cnc(C(N(Cc2ccccc2)C(=O)c2ccccc2)C(C)(C)C)s1. The van der Waals surface area contributed by atoms with E-state index in [0.717, 1.165) is 5.56 Å². The molecule has 180 valence electrons. The molecule has 0 spiro atoms. The molecule has 0 aliphatic rings. The first-order chi connectivity index (χ1) is 16.1. The summed E-state index contributed by atoms with van der Waals surface area (Å²) in [6.45, 7) is 10.8. The Morgan fingerprint density at radius 3 is 2.21 bits per heavy atom. The third-order valence-corrected chi connectivity index (χ3v) is 5.99. The average molecular weight is 481 g/mol. The molecular weight excluding hydrogens is 448 g/mol. The molecule has 1 amide bonds. The molecule has 3 rings (SSSR count). The van der Waals surface area contributed by atoms with Crippen LogP contribution in [0.3, 0.4) is 0 Å². The Labute approximate surface area is 205 Å². The number of carbonyl (C=O) groups is 2. The molecule has 6 nitrogen and oxygen atoms in total. The van der Waals surface area contributed by atoms with Crippen LogP contribution in [0.4, 0.5) is 4.79 Å². The van der Waals surface area contributed by atoms with Crippen molar-refractivity contribution in [3.8, 4) is 5.06 Å². The lowest BCUT2D eigenvalue weighted by Gasteiger charge is -2.39. The van der Waals surface area contributed by atoms with E-state index in [9.17, 15) is 9.59 Å². The lowest BCUT2D eigenvalue weighted by Crippen LogP contribution is -2.40. The highest BCUT2D eigenvalue weighted by atomic mass is 32.1. The summed E-state index contributed by atoms with van der Waals surface area (Å²) in [6.07, 6.45) is 0.765. The summed E-state index contributed by atoms with van der Waals surface area (Å²) in [6, 6.07) is 18.8. The van der Waals surface area contributed by atoms with Crippen molar-refractivity contribution in [1.29, 1.82) is 0 Å². The number of hydrogen-bond acceptors (Lipinski definition) is 6. The van der Waals surface area contributed by atoms with Gasteiger partial charge in [0.15, 0.2) is 0 Å². The molecule has 0 radical (unpaired) electrons. The second-order valence-corrected chi connectivity index (χ2v) is 10.7. The summed E-state index contributed by atoms with van der Waals surface area (Å²) in [5.41, 5.74) is 1.29. The predicted molar refractivity (Wildman–Crippen MR) is 134 cm³/mol. The van der Waals surface area contributed by atoms with E-state index in [0.29, 0.717) is 22.2 Å². The van der Waals surface area contributed by atoms with Crippen molar-refractivity contribution in [3.63, 3.8) is 0 Å². The number of aromatic nitrogens is 1. The second kappa shape index (κ2) is 11.3. The second-order valence-electron chi connectivity index (χ2n) is 9.63. The lowest BCUT2D eigenvalue weighted by atomic mass is 9.85. The zero-order valence-corrected chi connectivity index (χ0v) is 21.2. The number of amides is 1. The third-order valence-electron chi connectivity index (χ3n) is 5.06. The molecule has 0 N–H and O–H groups in total. The smallest absolute Gasteiger partial charge is 0.434 e. The Kier molecular flexibility index (Phi) is 8.45. The number of nitrogens with zero attached hydrogens (tertiary/aromatic N) is 2. The van der Waals surface area contributed by atoms with E-state index in [1.54, 1.807) is 0 Å². The predicted octanol–water partition coefficient (Wildman–Crippen LogP) is 6.74. The Morgan fingerprint density at radius 1 is 1.00 bits per heavy atom. The van der Waals surface area contributed by atoms with E-state index >= 15 is 0 Å². The van der Waals surface area contributed by atoms with Crippen molar-refractivity contribution in [2.75, 3.05) is 6.61 Å². The fourth-order valence-corrected chi connectivity index (χ4v) is 4.69.